The Morgan fingerprint density at radius 3 is 2.48 bits per heavy atom. The van der Waals surface area contributed by atoms with Crippen molar-refractivity contribution in [2.24, 2.45) is 0 Å². The van der Waals surface area contributed by atoms with Gasteiger partial charge in [0.05, 0.1) is 0 Å². The molecule has 0 amide bonds. The van der Waals surface area contributed by atoms with E-state index in [-0.39, 0.29) is 0 Å². The number of likely N-dealkylation sites (N-methyl/N-ethyl adjacent to an activating group) is 1. The van der Waals surface area contributed by atoms with E-state index in [9.17, 15) is 0 Å². The van der Waals surface area contributed by atoms with Crippen LogP contribution in [-0.4, -0.2) is 53.1 Å². The first-order valence-electron chi connectivity index (χ1n) is 7.90. The minimum atomic E-state index is 0.776. The molecule has 1 saturated heterocycles. The Kier molecular flexibility index (Phi) is 3.63. The highest BCUT2D eigenvalue weighted by Crippen LogP contribution is 2.23. The van der Waals surface area contributed by atoms with Gasteiger partial charge in [0, 0.05) is 61.3 Å². The molecule has 1 aliphatic heterocycles. The summed E-state index contributed by atoms with van der Waals surface area (Å²) in [5.74, 6) is 1.05. The second-order valence-corrected chi connectivity index (χ2v) is 5.97. The van der Waals surface area contributed by atoms with Gasteiger partial charge in [0.2, 0.25) is 0 Å². The summed E-state index contributed by atoms with van der Waals surface area (Å²) in [4.78, 5) is 18.0. The maximum Gasteiger partial charge on any atom is 0.159 e. The lowest BCUT2D eigenvalue weighted by Crippen LogP contribution is -2.44. The van der Waals surface area contributed by atoms with Crippen molar-refractivity contribution >= 4 is 16.9 Å². The smallest absolute Gasteiger partial charge is 0.159 e. The molecule has 4 rings (SSSR count). The Bertz CT molecular complexity index is 807. The predicted molar refractivity (Wildman–Crippen MR) is 92.5 cm³/mol. The maximum absolute atomic E-state index is 4.65. The van der Waals surface area contributed by atoms with Gasteiger partial charge in [0.1, 0.15) is 5.82 Å². The summed E-state index contributed by atoms with van der Waals surface area (Å²) < 4.78 is 0. The van der Waals surface area contributed by atoms with Crippen LogP contribution in [0.5, 0.6) is 0 Å². The number of aromatic nitrogens is 3. The normalized spacial score (nSPS) is 16.0. The molecule has 0 radical (unpaired) electrons. The minimum absolute atomic E-state index is 0.776. The minimum Gasteiger partial charge on any atom is -0.354 e. The first-order chi connectivity index (χ1) is 11.3. The molecule has 0 unspecified atom stereocenters. The van der Waals surface area contributed by atoms with E-state index in [2.05, 4.69) is 50.0 Å². The third-order valence-corrected chi connectivity index (χ3v) is 4.36. The van der Waals surface area contributed by atoms with Crippen LogP contribution in [0.2, 0.25) is 0 Å². The van der Waals surface area contributed by atoms with Gasteiger partial charge in [0.15, 0.2) is 5.65 Å². The molecule has 0 spiro atoms. The Morgan fingerprint density at radius 2 is 1.70 bits per heavy atom. The topological polar surface area (TPSA) is 45.2 Å². The Labute approximate surface area is 135 Å². The van der Waals surface area contributed by atoms with Crippen molar-refractivity contribution in [3.8, 4) is 11.1 Å². The molecule has 1 fully saturated rings. The summed E-state index contributed by atoms with van der Waals surface area (Å²) in [6.07, 6.45) is 5.57. The van der Waals surface area contributed by atoms with Gasteiger partial charge < -0.3 is 9.80 Å². The molecule has 1 aliphatic rings. The average Bonchev–Trinajstić information content (AvgIpc) is 2.62. The summed E-state index contributed by atoms with van der Waals surface area (Å²) in [6.45, 7) is 4.24. The van der Waals surface area contributed by atoms with Gasteiger partial charge in [-0.05, 0) is 37.4 Å². The van der Waals surface area contributed by atoms with Crippen molar-refractivity contribution in [3.05, 3.63) is 48.9 Å². The maximum atomic E-state index is 4.65. The van der Waals surface area contributed by atoms with Gasteiger partial charge in [-0.3, -0.25) is 0 Å². The first kappa shape index (κ1) is 14.1. The molecule has 5 heteroatoms. The molecular formula is C18H19N5. The predicted octanol–water partition coefficient (Wildman–Crippen LogP) is 2.44. The van der Waals surface area contributed by atoms with Gasteiger partial charge in [-0.2, -0.15) is 0 Å². The molecule has 3 aromatic heterocycles. The number of anilines is 1. The summed E-state index contributed by atoms with van der Waals surface area (Å²) in [5, 5.41) is 1.05. The highest BCUT2D eigenvalue weighted by atomic mass is 15.3. The van der Waals surface area contributed by atoms with Crippen molar-refractivity contribution in [1.29, 1.82) is 0 Å². The number of fused-ring (bicyclic) bond motifs is 1. The zero-order chi connectivity index (χ0) is 15.6. The van der Waals surface area contributed by atoms with E-state index < -0.39 is 0 Å². The molecule has 23 heavy (non-hydrogen) atoms. The van der Waals surface area contributed by atoms with E-state index in [1.807, 2.05) is 24.5 Å². The second-order valence-electron chi connectivity index (χ2n) is 5.97. The van der Waals surface area contributed by atoms with Crippen LogP contribution in [0, 0.1) is 0 Å². The number of hydrogen-bond acceptors (Lipinski definition) is 5. The first-order valence-corrected chi connectivity index (χ1v) is 7.90. The standard InChI is InChI=1S/C18H19N5/c1-22-7-9-23(10-8-22)17-5-4-15(12-20-17)16-11-14-3-2-6-19-18(14)21-13-16/h2-6,11-13H,7-10H2,1H3. The van der Waals surface area contributed by atoms with Crippen LogP contribution in [0.25, 0.3) is 22.2 Å². The Balaban J connectivity index is 1.59. The van der Waals surface area contributed by atoms with Crippen LogP contribution >= 0.6 is 0 Å². The summed E-state index contributed by atoms with van der Waals surface area (Å²) >= 11 is 0. The molecule has 0 bridgehead atoms. The van der Waals surface area contributed by atoms with E-state index in [4.69, 9.17) is 0 Å². The number of piperazine rings is 1. The van der Waals surface area contributed by atoms with E-state index in [1.54, 1.807) is 6.20 Å². The fourth-order valence-electron chi connectivity index (χ4n) is 2.90. The number of hydrogen-bond donors (Lipinski definition) is 0. The van der Waals surface area contributed by atoms with Gasteiger partial charge >= 0.3 is 0 Å². The van der Waals surface area contributed by atoms with E-state index in [1.165, 1.54) is 0 Å². The van der Waals surface area contributed by atoms with Crippen molar-refractivity contribution < 1.29 is 0 Å². The van der Waals surface area contributed by atoms with E-state index in [0.29, 0.717) is 0 Å². The quantitative estimate of drug-likeness (QED) is 0.727. The largest absolute Gasteiger partial charge is 0.354 e. The van der Waals surface area contributed by atoms with Gasteiger partial charge in [-0.15, -0.1) is 0 Å². The molecule has 0 aromatic carbocycles. The van der Waals surface area contributed by atoms with Crippen LogP contribution in [0.1, 0.15) is 0 Å². The van der Waals surface area contributed by atoms with Crippen LogP contribution in [0.4, 0.5) is 5.82 Å². The third-order valence-electron chi connectivity index (χ3n) is 4.36. The summed E-state index contributed by atoms with van der Waals surface area (Å²) in [7, 11) is 2.16. The van der Waals surface area contributed by atoms with Crippen molar-refractivity contribution in [3.63, 3.8) is 0 Å². The molecule has 0 aliphatic carbocycles. The second kappa shape index (κ2) is 5.93. The van der Waals surface area contributed by atoms with Gasteiger partial charge in [0.25, 0.3) is 0 Å². The highest BCUT2D eigenvalue weighted by Gasteiger charge is 2.15. The van der Waals surface area contributed by atoms with E-state index >= 15 is 0 Å². The van der Waals surface area contributed by atoms with Crippen molar-refractivity contribution in [2.45, 2.75) is 0 Å². The van der Waals surface area contributed by atoms with Crippen LogP contribution in [0.3, 0.4) is 0 Å². The monoisotopic (exact) mass is 305 g/mol. The molecule has 0 N–H and O–H groups in total. The molecule has 116 valence electrons. The highest BCUT2D eigenvalue weighted by molar-refractivity contribution is 5.80. The lowest BCUT2D eigenvalue weighted by molar-refractivity contribution is 0.312. The fourth-order valence-corrected chi connectivity index (χ4v) is 2.90. The van der Waals surface area contributed by atoms with Crippen molar-refractivity contribution in [1.82, 2.24) is 19.9 Å². The number of nitrogens with zero attached hydrogens (tertiary/aromatic N) is 5. The zero-order valence-corrected chi connectivity index (χ0v) is 13.2. The van der Waals surface area contributed by atoms with Gasteiger partial charge in [-0.1, -0.05) is 0 Å². The molecular weight excluding hydrogens is 286 g/mol. The number of rotatable bonds is 2. The SMILES string of the molecule is CN1CCN(c2ccc(-c3cnc4ncccc4c3)cn2)CC1. The molecule has 3 aromatic rings. The molecule has 0 saturated carbocycles. The average molecular weight is 305 g/mol. The van der Waals surface area contributed by atoms with Crippen LogP contribution in [0.15, 0.2) is 48.9 Å². The van der Waals surface area contributed by atoms with Crippen LogP contribution < -0.4 is 4.90 Å². The Hall–Kier alpha value is -2.53. The number of pyridine rings is 3. The van der Waals surface area contributed by atoms with Gasteiger partial charge in [-0.25, -0.2) is 15.0 Å². The third kappa shape index (κ3) is 2.87. The lowest BCUT2D eigenvalue weighted by atomic mass is 10.1. The summed E-state index contributed by atoms with van der Waals surface area (Å²) in [6, 6.07) is 10.3. The van der Waals surface area contributed by atoms with E-state index in [0.717, 1.165) is 54.2 Å². The van der Waals surface area contributed by atoms with Crippen LogP contribution in [-0.2, 0) is 0 Å². The molecule has 4 heterocycles. The fraction of sp³-hybridized carbons (Fsp3) is 0.278. The lowest BCUT2D eigenvalue weighted by Gasteiger charge is -2.33. The van der Waals surface area contributed by atoms with Crippen molar-refractivity contribution in [2.75, 3.05) is 38.1 Å². The summed E-state index contributed by atoms with van der Waals surface area (Å²) in [5.41, 5.74) is 2.93. The molecule has 5 nitrogen and oxygen atoms in total. The Morgan fingerprint density at radius 1 is 0.870 bits per heavy atom. The zero-order valence-electron chi connectivity index (χ0n) is 13.2. The molecule has 0 atom stereocenters.